The minimum atomic E-state index is -0.664. The van der Waals surface area contributed by atoms with Crippen LogP contribution in [0.3, 0.4) is 0 Å². The van der Waals surface area contributed by atoms with Crippen LogP contribution in [0.4, 0.5) is 5.82 Å². The lowest BCUT2D eigenvalue weighted by Gasteiger charge is -2.09. The zero-order valence-corrected chi connectivity index (χ0v) is 15.8. The lowest BCUT2D eigenvalue weighted by Crippen LogP contribution is -2.24. The van der Waals surface area contributed by atoms with Gasteiger partial charge < -0.3 is 14.8 Å². The van der Waals surface area contributed by atoms with E-state index in [4.69, 9.17) is 32.7 Å². The molecule has 0 bridgehead atoms. The van der Waals surface area contributed by atoms with Gasteiger partial charge in [0, 0.05) is 6.20 Å². The largest absolute Gasteiger partial charge is 0.482 e. The van der Waals surface area contributed by atoms with Crippen molar-refractivity contribution in [2.45, 2.75) is 19.8 Å². The van der Waals surface area contributed by atoms with Crippen molar-refractivity contribution >= 4 is 40.9 Å². The summed E-state index contributed by atoms with van der Waals surface area (Å²) in [7, 11) is 0. The number of nitrogens with one attached hydrogen (secondary N) is 1. The van der Waals surface area contributed by atoms with Gasteiger partial charge in [0.05, 0.1) is 10.0 Å². The second-order valence-corrected chi connectivity index (χ2v) is 6.55. The third-order valence-electron chi connectivity index (χ3n) is 3.33. The molecule has 0 unspecified atom stereocenters. The molecule has 138 valence electrons. The molecule has 1 N–H and O–H groups in total. The average Bonchev–Trinajstić information content (AvgIpc) is 2.61. The summed E-state index contributed by atoms with van der Waals surface area (Å²) in [5, 5.41) is 2.96. The number of ether oxygens (including phenoxy) is 2. The van der Waals surface area contributed by atoms with E-state index in [2.05, 4.69) is 24.1 Å². The van der Waals surface area contributed by atoms with Gasteiger partial charge in [0.2, 0.25) is 0 Å². The smallest absolute Gasteiger partial charge is 0.344 e. The van der Waals surface area contributed by atoms with Gasteiger partial charge in [-0.2, -0.15) is 0 Å². The highest BCUT2D eigenvalue weighted by Gasteiger charge is 2.11. The molecule has 0 saturated heterocycles. The highest BCUT2D eigenvalue weighted by Crippen LogP contribution is 2.22. The van der Waals surface area contributed by atoms with Crippen LogP contribution in [-0.2, 0) is 14.3 Å². The average molecular weight is 397 g/mol. The fourth-order valence-corrected chi connectivity index (χ4v) is 2.38. The van der Waals surface area contributed by atoms with Gasteiger partial charge in [-0.1, -0.05) is 49.2 Å². The fourth-order valence-electron chi connectivity index (χ4n) is 1.95. The maximum atomic E-state index is 11.8. The summed E-state index contributed by atoms with van der Waals surface area (Å²) >= 11 is 11.6. The van der Waals surface area contributed by atoms with E-state index in [9.17, 15) is 9.59 Å². The van der Waals surface area contributed by atoms with Crippen LogP contribution in [0.25, 0.3) is 0 Å². The Morgan fingerprint density at radius 1 is 1.15 bits per heavy atom. The number of esters is 1. The number of carbonyl (C=O) groups is 2. The van der Waals surface area contributed by atoms with Crippen molar-refractivity contribution in [1.29, 1.82) is 0 Å². The number of aromatic nitrogens is 1. The van der Waals surface area contributed by atoms with Crippen LogP contribution in [0.2, 0.25) is 10.0 Å². The Bertz CT molecular complexity index is 779. The molecule has 0 aliphatic carbocycles. The van der Waals surface area contributed by atoms with E-state index in [1.807, 2.05) is 12.1 Å². The van der Waals surface area contributed by atoms with Crippen LogP contribution in [0.15, 0.2) is 36.5 Å². The second kappa shape index (κ2) is 9.40. The fraction of sp³-hybridized carbons (Fsp3) is 0.278. The van der Waals surface area contributed by atoms with E-state index in [0.29, 0.717) is 16.7 Å². The number of rotatable bonds is 7. The van der Waals surface area contributed by atoms with Crippen LogP contribution in [0, 0.1) is 0 Å². The van der Waals surface area contributed by atoms with Gasteiger partial charge in [0.25, 0.3) is 5.91 Å². The number of pyridine rings is 1. The molecule has 0 aliphatic rings. The highest BCUT2D eigenvalue weighted by atomic mass is 35.5. The van der Waals surface area contributed by atoms with E-state index in [1.54, 1.807) is 12.1 Å². The molecule has 1 heterocycles. The molecule has 1 amide bonds. The van der Waals surface area contributed by atoms with Gasteiger partial charge in [0.15, 0.2) is 19.0 Å². The Balaban J connectivity index is 1.74. The van der Waals surface area contributed by atoms with Gasteiger partial charge in [0.1, 0.15) is 5.75 Å². The predicted octanol–water partition coefficient (Wildman–Crippen LogP) is 4.07. The van der Waals surface area contributed by atoms with Crippen molar-refractivity contribution in [2.75, 3.05) is 18.5 Å². The molecule has 0 radical (unpaired) electrons. The predicted molar refractivity (Wildman–Crippen MR) is 99.9 cm³/mol. The molecule has 0 fully saturated rings. The Morgan fingerprint density at radius 2 is 1.85 bits per heavy atom. The van der Waals surface area contributed by atoms with Gasteiger partial charge in [-0.05, 0) is 29.7 Å². The van der Waals surface area contributed by atoms with Crippen LogP contribution in [0.1, 0.15) is 25.3 Å². The first-order valence-corrected chi connectivity index (χ1v) is 8.60. The summed E-state index contributed by atoms with van der Waals surface area (Å²) in [5.74, 6) is -0.137. The van der Waals surface area contributed by atoms with Crippen LogP contribution >= 0.6 is 23.2 Å². The molecule has 1 aromatic heterocycles. The number of benzene rings is 1. The molecule has 2 aromatic rings. The zero-order valence-electron chi connectivity index (χ0n) is 14.3. The molecule has 0 atom stereocenters. The normalized spacial score (nSPS) is 10.5. The molecule has 8 heteroatoms. The molecule has 1 aromatic carbocycles. The first-order valence-electron chi connectivity index (χ1n) is 7.84. The summed E-state index contributed by atoms with van der Waals surface area (Å²) in [5.41, 5.74) is 1.17. The molecule has 0 aliphatic heterocycles. The van der Waals surface area contributed by atoms with E-state index in [0.717, 1.165) is 0 Å². The number of hydrogen-bond donors (Lipinski definition) is 1. The quantitative estimate of drug-likeness (QED) is 0.713. The number of amides is 1. The number of halogens is 2. The van der Waals surface area contributed by atoms with Gasteiger partial charge in [-0.3, -0.25) is 4.79 Å². The monoisotopic (exact) mass is 396 g/mol. The van der Waals surface area contributed by atoms with Crippen LogP contribution in [0.5, 0.6) is 5.75 Å². The van der Waals surface area contributed by atoms with Crippen molar-refractivity contribution in [2.24, 2.45) is 0 Å². The SMILES string of the molecule is CC(C)c1ccc(OCC(=O)OCC(=O)Nc2ncc(Cl)cc2Cl)cc1. The summed E-state index contributed by atoms with van der Waals surface area (Å²) in [6.45, 7) is 3.40. The Labute approximate surface area is 161 Å². The zero-order chi connectivity index (χ0) is 19.1. The Morgan fingerprint density at radius 3 is 2.46 bits per heavy atom. The second-order valence-electron chi connectivity index (χ2n) is 5.71. The lowest BCUT2D eigenvalue weighted by molar-refractivity contribution is -0.149. The standard InChI is InChI=1S/C18H18Cl2N2O4/c1-11(2)12-3-5-14(6-4-12)25-10-17(24)26-9-16(23)22-18-15(20)7-13(19)8-21-18/h3-8,11H,9-10H2,1-2H3,(H,21,22,23). The minimum absolute atomic E-state index is 0.138. The van der Waals surface area contributed by atoms with Crippen molar-refractivity contribution in [3.05, 3.63) is 52.1 Å². The van der Waals surface area contributed by atoms with Crippen molar-refractivity contribution in [3.8, 4) is 5.75 Å². The molecule has 0 saturated carbocycles. The van der Waals surface area contributed by atoms with Crippen LogP contribution < -0.4 is 10.1 Å². The van der Waals surface area contributed by atoms with E-state index in [1.165, 1.54) is 17.8 Å². The third kappa shape index (κ3) is 6.20. The Hall–Kier alpha value is -2.31. The molecule has 26 heavy (non-hydrogen) atoms. The molecule has 2 rings (SSSR count). The number of anilines is 1. The van der Waals surface area contributed by atoms with Gasteiger partial charge >= 0.3 is 5.97 Å². The maximum absolute atomic E-state index is 11.8. The highest BCUT2D eigenvalue weighted by molar-refractivity contribution is 6.36. The van der Waals surface area contributed by atoms with Crippen LogP contribution in [-0.4, -0.2) is 30.1 Å². The summed E-state index contributed by atoms with van der Waals surface area (Å²) < 4.78 is 10.2. The number of carbonyl (C=O) groups excluding carboxylic acids is 2. The van der Waals surface area contributed by atoms with Gasteiger partial charge in [-0.15, -0.1) is 0 Å². The molecular weight excluding hydrogens is 379 g/mol. The number of hydrogen-bond acceptors (Lipinski definition) is 5. The summed E-state index contributed by atoms with van der Waals surface area (Å²) in [6.07, 6.45) is 1.34. The lowest BCUT2D eigenvalue weighted by atomic mass is 10.0. The summed E-state index contributed by atoms with van der Waals surface area (Å²) in [4.78, 5) is 27.3. The van der Waals surface area contributed by atoms with E-state index < -0.39 is 18.5 Å². The van der Waals surface area contributed by atoms with E-state index in [-0.39, 0.29) is 17.4 Å². The minimum Gasteiger partial charge on any atom is -0.482 e. The number of nitrogens with zero attached hydrogens (tertiary/aromatic N) is 1. The molecule has 6 nitrogen and oxygen atoms in total. The van der Waals surface area contributed by atoms with Crippen molar-refractivity contribution < 1.29 is 19.1 Å². The Kier molecular flexibility index (Phi) is 7.24. The third-order valence-corrected chi connectivity index (χ3v) is 3.83. The van der Waals surface area contributed by atoms with Crippen molar-refractivity contribution in [1.82, 2.24) is 4.98 Å². The maximum Gasteiger partial charge on any atom is 0.344 e. The molecule has 0 spiro atoms. The van der Waals surface area contributed by atoms with Gasteiger partial charge in [-0.25, -0.2) is 9.78 Å². The summed E-state index contributed by atoms with van der Waals surface area (Å²) in [6, 6.07) is 8.87. The molecular formula is C18H18Cl2N2O4. The van der Waals surface area contributed by atoms with Crippen molar-refractivity contribution in [3.63, 3.8) is 0 Å². The van der Waals surface area contributed by atoms with E-state index >= 15 is 0 Å². The first-order chi connectivity index (χ1) is 12.3. The topological polar surface area (TPSA) is 77.5 Å². The first kappa shape index (κ1) is 20.0.